The van der Waals surface area contributed by atoms with Gasteiger partial charge in [0.15, 0.2) is 0 Å². The molecule has 0 aliphatic carbocycles. The number of rotatable bonds is 5. The van der Waals surface area contributed by atoms with Crippen LogP contribution in [-0.4, -0.2) is 32.5 Å². The van der Waals surface area contributed by atoms with Crippen LogP contribution in [0.4, 0.5) is 18.9 Å². The lowest BCUT2D eigenvalue weighted by molar-refractivity contribution is -0.274. The summed E-state index contributed by atoms with van der Waals surface area (Å²) < 4.78 is 40.1. The maximum atomic E-state index is 12.1. The molecule has 0 saturated carbocycles. The highest BCUT2D eigenvalue weighted by atomic mass is 35.5. The third-order valence-corrected chi connectivity index (χ3v) is 3.55. The Kier molecular flexibility index (Phi) is 5.26. The highest BCUT2D eigenvalue weighted by Crippen LogP contribution is 2.24. The molecule has 0 aliphatic rings. The molecule has 1 heterocycles. The van der Waals surface area contributed by atoms with Crippen LogP contribution in [0.3, 0.4) is 0 Å². The highest BCUT2D eigenvalue weighted by molar-refractivity contribution is 6.33. The van der Waals surface area contributed by atoms with E-state index >= 15 is 0 Å². The molecule has 0 aliphatic heterocycles. The largest absolute Gasteiger partial charge is 0.573 e. The fourth-order valence-electron chi connectivity index (χ4n) is 2.13. The zero-order valence-electron chi connectivity index (χ0n) is 13.4. The molecular weight excluding hydrogens is 387 g/mol. The molecule has 0 saturated heterocycles. The first-order chi connectivity index (χ1) is 12.8. The summed E-state index contributed by atoms with van der Waals surface area (Å²) in [6.45, 7) is -0.238. The number of carbonyl (C=O) groups is 1. The number of benzene rings is 2. The summed E-state index contributed by atoms with van der Waals surface area (Å²) in [5, 5.41) is 14.7. The minimum Gasteiger partial charge on any atom is -0.406 e. The van der Waals surface area contributed by atoms with Gasteiger partial charge in [-0.3, -0.25) is 4.79 Å². The van der Waals surface area contributed by atoms with E-state index in [-0.39, 0.29) is 18.1 Å². The van der Waals surface area contributed by atoms with Crippen LogP contribution in [0.1, 0.15) is 0 Å². The molecule has 1 N–H and O–H groups in total. The van der Waals surface area contributed by atoms with E-state index in [9.17, 15) is 18.0 Å². The van der Waals surface area contributed by atoms with Crippen LogP contribution in [0.5, 0.6) is 5.75 Å². The van der Waals surface area contributed by atoms with Gasteiger partial charge in [-0.15, -0.1) is 23.4 Å². The first-order valence-electron chi connectivity index (χ1n) is 7.48. The quantitative estimate of drug-likeness (QED) is 0.712. The summed E-state index contributed by atoms with van der Waals surface area (Å²) >= 11 is 6.06. The minimum atomic E-state index is -4.77. The van der Waals surface area contributed by atoms with Crippen LogP contribution >= 0.6 is 11.6 Å². The van der Waals surface area contributed by atoms with E-state index < -0.39 is 12.3 Å². The molecule has 0 radical (unpaired) electrons. The van der Waals surface area contributed by atoms with Crippen LogP contribution < -0.4 is 10.1 Å². The summed E-state index contributed by atoms with van der Waals surface area (Å²) in [6, 6.07) is 11.7. The second-order valence-electron chi connectivity index (χ2n) is 5.24. The number of nitrogens with zero attached hydrogens (tertiary/aromatic N) is 4. The van der Waals surface area contributed by atoms with Crippen molar-refractivity contribution in [3.05, 3.63) is 53.6 Å². The van der Waals surface area contributed by atoms with Crippen molar-refractivity contribution in [1.29, 1.82) is 0 Å². The molecule has 1 aromatic heterocycles. The number of tetrazole rings is 1. The van der Waals surface area contributed by atoms with Crippen LogP contribution in [0.15, 0.2) is 48.5 Å². The van der Waals surface area contributed by atoms with Gasteiger partial charge in [-0.25, -0.2) is 0 Å². The summed E-state index contributed by atoms with van der Waals surface area (Å²) in [4.78, 5) is 13.1. The average Bonchev–Trinajstić information content (AvgIpc) is 3.04. The van der Waals surface area contributed by atoms with Crippen LogP contribution in [-0.2, 0) is 11.3 Å². The molecule has 0 bridgehead atoms. The monoisotopic (exact) mass is 397 g/mol. The molecule has 0 atom stereocenters. The van der Waals surface area contributed by atoms with Gasteiger partial charge in [0.1, 0.15) is 12.3 Å². The molecule has 2 aromatic carbocycles. The van der Waals surface area contributed by atoms with Crippen molar-refractivity contribution in [1.82, 2.24) is 20.2 Å². The van der Waals surface area contributed by atoms with Gasteiger partial charge in [0.25, 0.3) is 0 Å². The number of alkyl halides is 3. The van der Waals surface area contributed by atoms with Crippen LogP contribution in [0, 0.1) is 0 Å². The topological polar surface area (TPSA) is 81.9 Å². The first kappa shape index (κ1) is 18.6. The fourth-order valence-corrected chi connectivity index (χ4v) is 2.35. The van der Waals surface area contributed by atoms with E-state index in [1.54, 1.807) is 24.3 Å². The van der Waals surface area contributed by atoms with Crippen molar-refractivity contribution < 1.29 is 22.7 Å². The van der Waals surface area contributed by atoms with Gasteiger partial charge in [-0.05, 0) is 41.6 Å². The number of anilines is 1. The Hall–Kier alpha value is -3.14. The molecule has 140 valence electrons. The standard InChI is InChI=1S/C16H11ClF3N5O2/c17-13-4-2-1-3-12(13)15-22-24-25(23-15)9-14(26)21-10-5-7-11(8-6-10)27-16(18,19)20/h1-8H,9H2,(H,21,26). The van der Waals surface area contributed by atoms with Gasteiger partial charge in [0, 0.05) is 11.3 Å². The van der Waals surface area contributed by atoms with Gasteiger partial charge >= 0.3 is 6.36 Å². The second kappa shape index (κ2) is 7.62. The number of carbonyl (C=O) groups excluding carboxylic acids is 1. The van der Waals surface area contributed by atoms with Gasteiger partial charge in [0.2, 0.25) is 11.7 Å². The number of amides is 1. The molecule has 7 nitrogen and oxygen atoms in total. The zero-order valence-corrected chi connectivity index (χ0v) is 14.2. The lowest BCUT2D eigenvalue weighted by atomic mass is 10.2. The molecule has 3 rings (SSSR count). The van der Waals surface area contributed by atoms with Crippen molar-refractivity contribution in [2.24, 2.45) is 0 Å². The van der Waals surface area contributed by atoms with Gasteiger partial charge < -0.3 is 10.1 Å². The third-order valence-electron chi connectivity index (χ3n) is 3.22. The smallest absolute Gasteiger partial charge is 0.406 e. The Bertz CT molecular complexity index is 944. The van der Waals surface area contributed by atoms with E-state index in [1.165, 1.54) is 12.1 Å². The SMILES string of the molecule is O=C(Cn1nnc(-c2ccccc2Cl)n1)Nc1ccc(OC(F)(F)F)cc1. The number of halogens is 4. The van der Waals surface area contributed by atoms with Gasteiger partial charge in [-0.2, -0.15) is 4.80 Å². The van der Waals surface area contributed by atoms with E-state index in [1.807, 2.05) is 0 Å². The van der Waals surface area contributed by atoms with Gasteiger partial charge in [-0.1, -0.05) is 23.7 Å². The Morgan fingerprint density at radius 3 is 2.52 bits per heavy atom. The summed E-state index contributed by atoms with van der Waals surface area (Å²) in [5.74, 6) is -0.604. The number of nitrogens with one attached hydrogen (secondary N) is 1. The molecular formula is C16H11ClF3N5O2. The predicted octanol–water partition coefficient (Wildman–Crippen LogP) is 3.53. The first-order valence-corrected chi connectivity index (χ1v) is 7.86. The summed E-state index contributed by atoms with van der Waals surface area (Å²) in [7, 11) is 0. The molecule has 27 heavy (non-hydrogen) atoms. The predicted molar refractivity (Wildman–Crippen MR) is 90.0 cm³/mol. The number of hydrogen-bond donors (Lipinski definition) is 1. The van der Waals surface area contributed by atoms with Gasteiger partial charge in [0.05, 0.1) is 5.02 Å². The van der Waals surface area contributed by atoms with Crippen molar-refractivity contribution >= 4 is 23.2 Å². The average molecular weight is 398 g/mol. The zero-order chi connectivity index (χ0) is 19.4. The van der Waals surface area contributed by atoms with Crippen LogP contribution in [0.2, 0.25) is 5.02 Å². The Morgan fingerprint density at radius 2 is 1.85 bits per heavy atom. The number of ether oxygens (including phenoxy) is 1. The van der Waals surface area contributed by atoms with Crippen molar-refractivity contribution in [3.8, 4) is 17.1 Å². The van der Waals surface area contributed by atoms with Crippen molar-refractivity contribution in [2.45, 2.75) is 12.9 Å². The molecule has 0 fully saturated rings. The summed E-state index contributed by atoms with van der Waals surface area (Å²) in [5.41, 5.74) is 0.868. The second-order valence-corrected chi connectivity index (χ2v) is 5.65. The maximum Gasteiger partial charge on any atom is 0.573 e. The molecule has 1 amide bonds. The lowest BCUT2D eigenvalue weighted by Gasteiger charge is -2.09. The minimum absolute atomic E-state index is 0.238. The molecule has 11 heteroatoms. The highest BCUT2D eigenvalue weighted by Gasteiger charge is 2.30. The lowest BCUT2D eigenvalue weighted by Crippen LogP contribution is -2.20. The van der Waals surface area contributed by atoms with E-state index in [0.29, 0.717) is 16.3 Å². The maximum absolute atomic E-state index is 12.1. The van der Waals surface area contributed by atoms with E-state index in [4.69, 9.17) is 11.6 Å². The molecule has 0 spiro atoms. The Balaban J connectivity index is 1.61. The normalized spacial score (nSPS) is 11.3. The van der Waals surface area contributed by atoms with E-state index in [2.05, 4.69) is 25.5 Å². The van der Waals surface area contributed by atoms with Crippen molar-refractivity contribution in [2.75, 3.05) is 5.32 Å². The summed E-state index contributed by atoms with van der Waals surface area (Å²) in [6.07, 6.45) is -4.77. The third kappa shape index (κ3) is 5.17. The number of hydrogen-bond acceptors (Lipinski definition) is 5. The molecule has 3 aromatic rings. The van der Waals surface area contributed by atoms with Crippen LogP contribution in [0.25, 0.3) is 11.4 Å². The molecule has 0 unspecified atom stereocenters. The Morgan fingerprint density at radius 1 is 1.15 bits per heavy atom. The fraction of sp³-hybridized carbons (Fsp3) is 0.125. The number of aromatic nitrogens is 4. The van der Waals surface area contributed by atoms with Crippen molar-refractivity contribution in [3.63, 3.8) is 0 Å². The van der Waals surface area contributed by atoms with E-state index in [0.717, 1.165) is 16.9 Å². The Labute approximate surface area is 155 Å².